The number of hydrogen-bond donors (Lipinski definition) is 2. The van der Waals surface area contributed by atoms with E-state index in [1.807, 2.05) is 16.8 Å². The molecule has 0 aliphatic heterocycles. The van der Waals surface area contributed by atoms with E-state index in [-0.39, 0.29) is 5.91 Å². The van der Waals surface area contributed by atoms with Crippen LogP contribution in [-0.4, -0.2) is 17.6 Å². The molecule has 1 aromatic rings. The molecule has 1 unspecified atom stereocenters. The predicted molar refractivity (Wildman–Crippen MR) is 78.1 cm³/mol. The van der Waals surface area contributed by atoms with Crippen LogP contribution in [-0.2, 0) is 4.79 Å². The van der Waals surface area contributed by atoms with Crippen molar-refractivity contribution in [2.75, 3.05) is 6.54 Å². The Hall–Kier alpha value is -0.870. The first kappa shape index (κ1) is 14.5. The fraction of sp³-hybridized carbons (Fsp3) is 0.667. The summed E-state index contributed by atoms with van der Waals surface area (Å²) in [5.41, 5.74) is 0.950. The van der Waals surface area contributed by atoms with Crippen molar-refractivity contribution < 1.29 is 9.90 Å². The van der Waals surface area contributed by atoms with E-state index in [1.165, 1.54) is 32.1 Å². The predicted octanol–water partition coefficient (Wildman–Crippen LogP) is 3.26. The Kier molecular flexibility index (Phi) is 5.86. The van der Waals surface area contributed by atoms with E-state index in [2.05, 4.69) is 5.32 Å². The molecule has 1 saturated carbocycles. The lowest BCUT2D eigenvalue weighted by molar-refractivity contribution is -0.122. The highest BCUT2D eigenvalue weighted by Crippen LogP contribution is 2.26. The van der Waals surface area contributed by atoms with Crippen molar-refractivity contribution in [3.63, 3.8) is 0 Å². The van der Waals surface area contributed by atoms with E-state index in [9.17, 15) is 9.90 Å². The largest absolute Gasteiger partial charge is 0.388 e. The fourth-order valence-electron chi connectivity index (χ4n) is 2.71. The summed E-state index contributed by atoms with van der Waals surface area (Å²) in [5.74, 6) is 0.722. The molecule has 0 saturated heterocycles. The lowest BCUT2D eigenvalue weighted by atomic mass is 9.87. The molecule has 2 N–H and O–H groups in total. The molecule has 1 aliphatic carbocycles. The van der Waals surface area contributed by atoms with Crippen LogP contribution in [0.3, 0.4) is 0 Å². The SMILES string of the molecule is O=C(CC1CCCCC1)NCCC(O)c1ccsc1. The van der Waals surface area contributed by atoms with Crippen molar-refractivity contribution in [2.24, 2.45) is 5.92 Å². The summed E-state index contributed by atoms with van der Waals surface area (Å²) in [6, 6.07) is 1.93. The molecule has 1 aliphatic rings. The molecule has 1 fully saturated rings. The van der Waals surface area contributed by atoms with Crippen molar-refractivity contribution in [1.29, 1.82) is 0 Å². The third kappa shape index (κ3) is 4.96. The topological polar surface area (TPSA) is 49.3 Å². The van der Waals surface area contributed by atoms with Crippen molar-refractivity contribution >= 4 is 17.2 Å². The number of aliphatic hydroxyl groups excluding tert-OH is 1. The summed E-state index contributed by atoms with van der Waals surface area (Å²) >= 11 is 1.58. The quantitative estimate of drug-likeness (QED) is 0.841. The smallest absolute Gasteiger partial charge is 0.220 e. The molecular formula is C15H23NO2S. The minimum absolute atomic E-state index is 0.143. The second kappa shape index (κ2) is 7.65. The van der Waals surface area contributed by atoms with Crippen LogP contribution in [0.25, 0.3) is 0 Å². The zero-order valence-corrected chi connectivity index (χ0v) is 12.1. The molecule has 1 amide bonds. The first-order chi connectivity index (χ1) is 9.25. The van der Waals surface area contributed by atoms with E-state index in [0.29, 0.717) is 25.3 Å². The molecule has 0 aromatic carbocycles. The molecule has 0 bridgehead atoms. The highest BCUT2D eigenvalue weighted by atomic mass is 32.1. The van der Waals surface area contributed by atoms with Gasteiger partial charge < -0.3 is 10.4 Å². The number of aliphatic hydroxyl groups is 1. The van der Waals surface area contributed by atoms with Crippen LogP contribution in [0.1, 0.15) is 56.6 Å². The first-order valence-corrected chi connectivity index (χ1v) is 8.17. The van der Waals surface area contributed by atoms with Crippen LogP contribution in [0.2, 0.25) is 0 Å². The van der Waals surface area contributed by atoms with Gasteiger partial charge in [-0.3, -0.25) is 4.79 Å². The maximum Gasteiger partial charge on any atom is 0.220 e. The highest BCUT2D eigenvalue weighted by Gasteiger charge is 2.17. The summed E-state index contributed by atoms with van der Waals surface area (Å²) in [4.78, 5) is 11.8. The minimum atomic E-state index is -0.457. The van der Waals surface area contributed by atoms with Gasteiger partial charge in [-0.1, -0.05) is 19.3 Å². The standard InChI is InChI=1S/C15H23NO2S/c17-14(13-7-9-19-11-13)6-8-16-15(18)10-12-4-2-1-3-5-12/h7,9,11-12,14,17H,1-6,8,10H2,(H,16,18). The normalized spacial score (nSPS) is 18.2. The van der Waals surface area contributed by atoms with Gasteiger partial charge in [0.05, 0.1) is 6.10 Å². The van der Waals surface area contributed by atoms with Gasteiger partial charge in [-0.25, -0.2) is 0 Å². The van der Waals surface area contributed by atoms with Gasteiger partial charge in [0, 0.05) is 13.0 Å². The monoisotopic (exact) mass is 281 g/mol. The summed E-state index contributed by atoms with van der Waals surface area (Å²) in [7, 11) is 0. The molecule has 106 valence electrons. The summed E-state index contributed by atoms with van der Waals surface area (Å²) < 4.78 is 0. The van der Waals surface area contributed by atoms with Crippen molar-refractivity contribution in [2.45, 2.75) is 51.0 Å². The van der Waals surface area contributed by atoms with Crippen LogP contribution in [0.5, 0.6) is 0 Å². The van der Waals surface area contributed by atoms with Gasteiger partial charge >= 0.3 is 0 Å². The Bertz CT molecular complexity index is 372. The molecule has 0 radical (unpaired) electrons. The molecule has 4 heteroatoms. The number of amides is 1. The highest BCUT2D eigenvalue weighted by molar-refractivity contribution is 7.07. The van der Waals surface area contributed by atoms with Gasteiger partial charge in [0.15, 0.2) is 0 Å². The van der Waals surface area contributed by atoms with Gasteiger partial charge in [-0.2, -0.15) is 11.3 Å². The lowest BCUT2D eigenvalue weighted by Gasteiger charge is -2.21. The number of nitrogens with one attached hydrogen (secondary N) is 1. The summed E-state index contributed by atoms with van der Waals surface area (Å²) in [5, 5.41) is 16.7. The molecule has 1 heterocycles. The molecule has 3 nitrogen and oxygen atoms in total. The first-order valence-electron chi connectivity index (χ1n) is 7.22. The minimum Gasteiger partial charge on any atom is -0.388 e. The molecule has 2 rings (SSSR count). The average Bonchev–Trinajstić information content (AvgIpc) is 2.93. The van der Waals surface area contributed by atoms with Crippen molar-refractivity contribution in [3.8, 4) is 0 Å². The van der Waals surface area contributed by atoms with Crippen LogP contribution < -0.4 is 5.32 Å². The van der Waals surface area contributed by atoms with E-state index in [4.69, 9.17) is 0 Å². The fourth-order valence-corrected chi connectivity index (χ4v) is 3.41. The van der Waals surface area contributed by atoms with Crippen molar-refractivity contribution in [1.82, 2.24) is 5.32 Å². The van der Waals surface area contributed by atoms with Crippen LogP contribution in [0, 0.1) is 5.92 Å². The van der Waals surface area contributed by atoms with E-state index in [1.54, 1.807) is 11.3 Å². The van der Waals surface area contributed by atoms with E-state index >= 15 is 0 Å². The van der Waals surface area contributed by atoms with Gasteiger partial charge in [-0.05, 0) is 47.6 Å². The Morgan fingerprint density at radius 2 is 2.21 bits per heavy atom. The van der Waals surface area contributed by atoms with Gasteiger partial charge in [0.2, 0.25) is 5.91 Å². The second-order valence-corrected chi connectivity index (χ2v) is 6.20. The number of carbonyl (C=O) groups is 1. The Balaban J connectivity index is 1.61. The maximum absolute atomic E-state index is 11.8. The Labute approximate surface area is 119 Å². The average molecular weight is 281 g/mol. The Morgan fingerprint density at radius 1 is 1.42 bits per heavy atom. The zero-order chi connectivity index (χ0) is 13.5. The molecule has 1 aromatic heterocycles. The third-order valence-electron chi connectivity index (χ3n) is 3.87. The van der Waals surface area contributed by atoms with Crippen LogP contribution >= 0.6 is 11.3 Å². The number of rotatable bonds is 6. The molecular weight excluding hydrogens is 258 g/mol. The number of hydrogen-bond acceptors (Lipinski definition) is 3. The van der Waals surface area contributed by atoms with Crippen LogP contribution in [0.4, 0.5) is 0 Å². The van der Waals surface area contributed by atoms with Crippen LogP contribution in [0.15, 0.2) is 16.8 Å². The van der Waals surface area contributed by atoms with Gasteiger partial charge in [0.25, 0.3) is 0 Å². The van der Waals surface area contributed by atoms with Gasteiger partial charge in [0.1, 0.15) is 0 Å². The number of thiophene rings is 1. The second-order valence-electron chi connectivity index (χ2n) is 5.42. The summed E-state index contributed by atoms with van der Waals surface area (Å²) in [6.45, 7) is 0.558. The summed E-state index contributed by atoms with van der Waals surface area (Å²) in [6.07, 6.45) is 7.06. The van der Waals surface area contributed by atoms with Gasteiger partial charge in [-0.15, -0.1) is 0 Å². The zero-order valence-electron chi connectivity index (χ0n) is 11.3. The lowest BCUT2D eigenvalue weighted by Crippen LogP contribution is -2.28. The Morgan fingerprint density at radius 3 is 2.89 bits per heavy atom. The third-order valence-corrected chi connectivity index (χ3v) is 4.57. The van der Waals surface area contributed by atoms with E-state index in [0.717, 1.165) is 5.56 Å². The van der Waals surface area contributed by atoms with Crippen molar-refractivity contribution in [3.05, 3.63) is 22.4 Å². The molecule has 1 atom stereocenters. The van der Waals surface area contributed by atoms with E-state index < -0.39 is 6.10 Å². The molecule has 19 heavy (non-hydrogen) atoms. The maximum atomic E-state index is 11.8. The molecule has 0 spiro atoms. The number of carbonyl (C=O) groups excluding carboxylic acids is 1.